The first-order valence-corrected chi connectivity index (χ1v) is 5.90. The zero-order chi connectivity index (χ0) is 12.8. The summed E-state index contributed by atoms with van der Waals surface area (Å²) in [5.41, 5.74) is 0. The number of hydrogen-bond donors (Lipinski definition) is 3. The minimum Gasteiger partial charge on any atom is -0.821 e. The average Bonchev–Trinajstić information content (AvgIpc) is 2.15. The number of aromatic amines is 3. The van der Waals surface area contributed by atoms with Crippen molar-refractivity contribution < 1.29 is 88.7 Å². The molecule has 2 aromatic rings. The summed E-state index contributed by atoms with van der Waals surface area (Å²) in [6.45, 7) is 0. The van der Waals surface area contributed by atoms with E-state index in [2.05, 4.69) is 61.5 Å². The van der Waals surface area contributed by atoms with Crippen LogP contribution < -0.4 is 88.7 Å². The van der Waals surface area contributed by atoms with Gasteiger partial charge in [0.1, 0.15) is 0 Å². The van der Waals surface area contributed by atoms with Crippen LogP contribution in [0.4, 0.5) is 0 Å². The van der Waals surface area contributed by atoms with Gasteiger partial charge in [-0.1, -0.05) is 0 Å². The van der Waals surface area contributed by atoms with E-state index in [1.807, 2.05) is 0 Å². The van der Waals surface area contributed by atoms with E-state index in [1.54, 1.807) is 0 Å². The summed E-state index contributed by atoms with van der Waals surface area (Å²) in [5, 5.41) is 0.398. The summed E-state index contributed by atoms with van der Waals surface area (Å²) in [7, 11) is 0. The molecule has 0 aliphatic heterocycles. The van der Waals surface area contributed by atoms with Crippen LogP contribution in [0.5, 0.6) is 0 Å². The summed E-state index contributed by atoms with van der Waals surface area (Å²) in [5.74, 6) is 0. The summed E-state index contributed by atoms with van der Waals surface area (Å²) in [6, 6.07) is 0. The largest absolute Gasteiger partial charge is 1.00 e. The maximum absolute atomic E-state index is 4.72. The molecule has 98 valence electrons. The maximum atomic E-state index is 4.72. The van der Waals surface area contributed by atoms with E-state index in [9.17, 15) is 0 Å². The number of aromatic nitrogens is 6. The molecule has 2 heterocycles. The Morgan fingerprint density at radius 1 is 0.762 bits per heavy atom. The SMILES string of the molecule is S=c1[nH]c(=S)[nH]c(=S)[nH]1.[Na+].[Na+].[Na+].[S-]c1n[c-]nc([S-])n1.[SH-]. The summed E-state index contributed by atoms with van der Waals surface area (Å²) in [6.07, 6.45) is 2.26. The third-order valence-electron chi connectivity index (χ3n) is 1.16. The number of H-pyrrole nitrogens is 3. The van der Waals surface area contributed by atoms with Crippen molar-refractivity contribution in [3.8, 4) is 0 Å². The third-order valence-corrected chi connectivity index (χ3v) is 2.14. The first-order chi connectivity index (χ1) is 7.97. The minimum absolute atomic E-state index is 0. The van der Waals surface area contributed by atoms with Crippen LogP contribution in [0.1, 0.15) is 0 Å². The molecule has 21 heavy (non-hydrogen) atoms. The van der Waals surface area contributed by atoms with Gasteiger partial charge in [-0.15, -0.1) is 10.3 Å². The van der Waals surface area contributed by atoms with Crippen molar-refractivity contribution in [3.63, 3.8) is 0 Å². The van der Waals surface area contributed by atoms with Crippen LogP contribution in [0, 0.1) is 20.6 Å². The van der Waals surface area contributed by atoms with E-state index in [0.717, 1.165) is 0 Å². The molecule has 0 radical (unpaired) electrons. The normalized spacial score (nSPS) is 7.43. The zero-order valence-corrected chi connectivity index (χ0v) is 22.3. The standard InChI is InChI=1S/C3H3N3S3.C3H2N3S2.3Na.H2S/c7-1-4-2(8)6-3(9)5-1;7-2-4-1-5-3(8)6-2;;;;/h(H3,4,5,6,7,8,9);(H2,4,5,6,7,8);;;;1H2/q;-1;3*+1;/p-3. The van der Waals surface area contributed by atoms with E-state index in [-0.39, 0.29) is 112 Å². The number of nitrogens with zero attached hydrogens (tertiary/aromatic N) is 3. The van der Waals surface area contributed by atoms with Crippen molar-refractivity contribution in [2.24, 2.45) is 0 Å². The van der Waals surface area contributed by atoms with Crippen LogP contribution in [-0.4, -0.2) is 29.9 Å². The molecule has 0 amide bonds. The first-order valence-electron chi connectivity index (χ1n) is 3.86. The molecule has 2 aromatic heterocycles. The van der Waals surface area contributed by atoms with Crippen LogP contribution >= 0.6 is 36.7 Å². The molecule has 0 bridgehead atoms. The van der Waals surface area contributed by atoms with Crippen LogP contribution in [-0.2, 0) is 38.8 Å². The van der Waals surface area contributed by atoms with Crippen molar-refractivity contribution in [2.45, 2.75) is 10.3 Å². The summed E-state index contributed by atoms with van der Waals surface area (Å²) in [4.78, 5) is 18.4. The predicted octanol–water partition coefficient (Wildman–Crippen LogP) is -7.92. The van der Waals surface area contributed by atoms with Gasteiger partial charge in [0.05, 0.1) is 0 Å². The quantitative estimate of drug-likeness (QED) is 0.126. The Labute approximate surface area is 221 Å². The molecule has 0 aliphatic rings. The number of nitrogens with one attached hydrogen (secondary N) is 3. The van der Waals surface area contributed by atoms with E-state index in [4.69, 9.17) is 36.7 Å². The van der Waals surface area contributed by atoms with Gasteiger partial charge in [-0.05, 0) is 36.7 Å². The minimum atomic E-state index is 0. The molecule has 0 fully saturated rings. The Kier molecular flexibility index (Phi) is 25.7. The van der Waals surface area contributed by atoms with Gasteiger partial charge < -0.3 is 68.7 Å². The van der Waals surface area contributed by atoms with E-state index in [0.29, 0.717) is 14.3 Å². The molecule has 15 heteroatoms. The van der Waals surface area contributed by atoms with Crippen LogP contribution in [0.2, 0.25) is 0 Å². The van der Waals surface area contributed by atoms with Crippen molar-refractivity contribution in [3.05, 3.63) is 20.6 Å². The zero-order valence-electron chi connectivity index (χ0n) is 11.3. The second-order valence-corrected chi connectivity index (χ2v) is 4.32. The molecule has 0 spiro atoms. The third kappa shape index (κ3) is 15.7. The first kappa shape index (κ1) is 31.3. The summed E-state index contributed by atoms with van der Waals surface area (Å²) >= 11 is 23.2. The monoisotopic (exact) mass is 421 g/mol. The Morgan fingerprint density at radius 2 is 1.05 bits per heavy atom. The predicted molar refractivity (Wildman–Crippen MR) is 80.7 cm³/mol. The number of thiol groups is 1. The number of rotatable bonds is 0. The Hall–Kier alpha value is 2.47. The van der Waals surface area contributed by atoms with Crippen molar-refractivity contribution in [1.82, 2.24) is 29.9 Å². The van der Waals surface area contributed by atoms with E-state index >= 15 is 0 Å². The Bertz CT molecular complexity index is 575. The molecular formula is C6H4N6Na3S6-. The molecule has 0 saturated heterocycles. The fraction of sp³-hybridized carbons (Fsp3) is 0. The molecule has 0 unspecified atom stereocenters. The van der Waals surface area contributed by atoms with Gasteiger partial charge >= 0.3 is 88.7 Å². The molecule has 0 saturated carbocycles. The second kappa shape index (κ2) is 17.3. The maximum Gasteiger partial charge on any atom is 1.00 e. The van der Waals surface area contributed by atoms with E-state index in [1.165, 1.54) is 0 Å². The number of hydrogen-bond acceptors (Lipinski definition) is 9. The second-order valence-electron chi connectivity index (χ2n) is 2.36. The Balaban J connectivity index is -0.000000116. The average molecular weight is 422 g/mol. The molecule has 0 atom stereocenters. The van der Waals surface area contributed by atoms with Crippen molar-refractivity contribution in [2.75, 3.05) is 0 Å². The van der Waals surface area contributed by atoms with Crippen molar-refractivity contribution >= 4 is 75.4 Å². The molecule has 6 nitrogen and oxygen atoms in total. The van der Waals surface area contributed by atoms with Gasteiger partial charge in [-0.3, -0.25) is 0 Å². The van der Waals surface area contributed by atoms with Gasteiger partial charge in [0.15, 0.2) is 14.3 Å². The molecule has 3 N–H and O–H groups in total. The van der Waals surface area contributed by atoms with Gasteiger partial charge in [0.2, 0.25) is 0 Å². The van der Waals surface area contributed by atoms with Gasteiger partial charge in [0, 0.05) is 6.33 Å². The smallest absolute Gasteiger partial charge is 0.821 e. The van der Waals surface area contributed by atoms with Gasteiger partial charge in [0.25, 0.3) is 0 Å². The molecule has 2 rings (SSSR count). The molecule has 0 aromatic carbocycles. The summed E-state index contributed by atoms with van der Waals surface area (Å²) < 4.78 is 1.34. The fourth-order valence-corrected chi connectivity index (χ4v) is 1.76. The topological polar surface area (TPSA) is 86.0 Å². The fourth-order valence-electron chi connectivity index (χ4n) is 0.645. The Morgan fingerprint density at radius 3 is 1.24 bits per heavy atom. The van der Waals surface area contributed by atoms with Gasteiger partial charge in [-0.2, -0.15) is 0 Å². The molecular weight excluding hydrogens is 417 g/mol. The van der Waals surface area contributed by atoms with E-state index < -0.39 is 0 Å². The van der Waals surface area contributed by atoms with Crippen LogP contribution in [0.25, 0.3) is 0 Å². The van der Waals surface area contributed by atoms with Gasteiger partial charge in [-0.25, -0.2) is 0 Å². The van der Waals surface area contributed by atoms with Crippen LogP contribution in [0.15, 0.2) is 10.3 Å². The van der Waals surface area contributed by atoms with Crippen LogP contribution in [0.3, 0.4) is 0 Å². The van der Waals surface area contributed by atoms with Crippen molar-refractivity contribution in [1.29, 1.82) is 0 Å². The molecule has 0 aliphatic carbocycles.